The summed E-state index contributed by atoms with van der Waals surface area (Å²) in [6, 6.07) is 9.41. The highest BCUT2D eigenvalue weighted by Gasteiger charge is 2.20. The third-order valence-corrected chi connectivity index (χ3v) is 5.31. The van der Waals surface area contributed by atoms with Gasteiger partial charge in [-0.15, -0.1) is 0 Å². The molecule has 0 saturated carbocycles. The molecule has 0 unspecified atom stereocenters. The number of fused-ring (bicyclic) bond motifs is 1. The average Bonchev–Trinajstić information content (AvgIpc) is 3.34. The van der Waals surface area contributed by atoms with Gasteiger partial charge in [-0.25, -0.2) is 33.5 Å². The van der Waals surface area contributed by atoms with E-state index in [0.29, 0.717) is 28.3 Å². The molecule has 10 nitrogen and oxygen atoms in total. The van der Waals surface area contributed by atoms with Crippen molar-refractivity contribution in [2.24, 2.45) is 0 Å². The van der Waals surface area contributed by atoms with Crippen LogP contribution in [0.3, 0.4) is 0 Å². The molecule has 0 aliphatic rings. The van der Waals surface area contributed by atoms with E-state index in [0.717, 1.165) is 17.6 Å². The van der Waals surface area contributed by atoms with Crippen molar-refractivity contribution in [3.05, 3.63) is 89.8 Å². The largest absolute Gasteiger partial charge is 0.442 e. The first kappa shape index (κ1) is 26.3. The van der Waals surface area contributed by atoms with E-state index in [1.165, 1.54) is 10.9 Å². The lowest BCUT2D eigenvalue weighted by atomic mass is 10.1. The second-order valence-corrected chi connectivity index (χ2v) is 9.53. The highest BCUT2D eigenvalue weighted by atomic mass is 19.1. The fraction of sp³-hybridized carbons (Fsp3) is 0.179. The highest BCUT2D eigenvalue weighted by molar-refractivity contribution is 5.88. The summed E-state index contributed by atoms with van der Waals surface area (Å²) in [4.78, 5) is 33.4. The highest BCUT2D eigenvalue weighted by Crippen LogP contribution is 2.18. The zero-order chi connectivity index (χ0) is 28.3. The van der Waals surface area contributed by atoms with Crippen LogP contribution in [0.1, 0.15) is 37.7 Å². The van der Waals surface area contributed by atoms with Crippen LogP contribution >= 0.6 is 0 Å². The van der Waals surface area contributed by atoms with Crippen molar-refractivity contribution >= 4 is 22.9 Å². The Balaban J connectivity index is 1.32. The first-order valence-corrected chi connectivity index (χ1v) is 12.1. The Labute approximate surface area is 227 Å². The van der Waals surface area contributed by atoms with Crippen molar-refractivity contribution in [2.45, 2.75) is 32.9 Å². The molecule has 1 aromatic carbocycles. The molecule has 4 aromatic heterocycles. The fourth-order valence-corrected chi connectivity index (χ4v) is 3.55. The molecule has 5 aromatic rings. The van der Waals surface area contributed by atoms with Crippen LogP contribution in [0.5, 0.6) is 0 Å². The monoisotopic (exact) mass is 540 g/mol. The fourth-order valence-electron chi connectivity index (χ4n) is 3.55. The number of ether oxygens (including phenoxy) is 1. The van der Waals surface area contributed by atoms with E-state index in [2.05, 4.69) is 47.2 Å². The van der Waals surface area contributed by atoms with E-state index in [9.17, 15) is 13.6 Å². The number of nitrogens with zero attached hydrogens (tertiary/aromatic N) is 7. The summed E-state index contributed by atoms with van der Waals surface area (Å²) < 4.78 is 33.6. The minimum atomic E-state index is -0.769. The number of halogens is 2. The van der Waals surface area contributed by atoms with Crippen LogP contribution in [0.25, 0.3) is 22.4 Å². The molecule has 4 heterocycles. The summed E-state index contributed by atoms with van der Waals surface area (Å²) in [5, 5.41) is 7.74. The molecule has 0 fully saturated rings. The molecule has 0 radical (unpaired) electrons. The molecule has 0 spiro atoms. The maximum absolute atomic E-state index is 13.9. The molecule has 200 valence electrons. The number of aromatic nitrogens is 7. The number of anilines is 1. The predicted octanol–water partition coefficient (Wildman–Crippen LogP) is 4.75. The summed E-state index contributed by atoms with van der Waals surface area (Å²) in [5.74, 6) is 5.06. The van der Waals surface area contributed by atoms with E-state index in [1.807, 2.05) is 6.07 Å². The van der Waals surface area contributed by atoms with Crippen LogP contribution in [0.15, 0.2) is 61.2 Å². The van der Waals surface area contributed by atoms with Crippen LogP contribution < -0.4 is 5.32 Å². The molecule has 0 aliphatic heterocycles. The van der Waals surface area contributed by atoms with Crippen molar-refractivity contribution in [3.63, 3.8) is 0 Å². The van der Waals surface area contributed by atoms with Gasteiger partial charge in [0.25, 0.3) is 0 Å². The first-order valence-electron chi connectivity index (χ1n) is 12.1. The Bertz CT molecular complexity index is 1790. The lowest BCUT2D eigenvalue weighted by Crippen LogP contribution is -2.27. The number of hydrogen-bond acceptors (Lipinski definition) is 9. The Morgan fingerprint density at radius 1 is 1.00 bits per heavy atom. The standard InChI is InChI=1S/C28H22F2N8O2/c1-28(2,3)40-27(39)38-24-7-5-17(12-18(24)14-35-38)4-6-20-8-10-31-25(36-20)22-9-11-32-26(37-22)34-16-23-21(30)13-19(29)15-33-23/h5,7-15H,16H2,1-3H3,(H,32,34,37). The van der Waals surface area contributed by atoms with Gasteiger partial charge in [0.2, 0.25) is 5.95 Å². The molecular weight excluding hydrogens is 518 g/mol. The molecule has 0 bridgehead atoms. The molecule has 1 N–H and O–H groups in total. The summed E-state index contributed by atoms with van der Waals surface area (Å²) >= 11 is 0. The van der Waals surface area contributed by atoms with Crippen molar-refractivity contribution < 1.29 is 18.3 Å². The second-order valence-electron chi connectivity index (χ2n) is 9.53. The Morgan fingerprint density at radius 2 is 1.82 bits per heavy atom. The maximum Gasteiger partial charge on any atom is 0.435 e. The van der Waals surface area contributed by atoms with Gasteiger partial charge in [0.05, 0.1) is 30.1 Å². The third-order valence-electron chi connectivity index (χ3n) is 5.31. The van der Waals surface area contributed by atoms with Gasteiger partial charge in [-0.2, -0.15) is 9.78 Å². The minimum absolute atomic E-state index is 0.0271. The summed E-state index contributed by atoms with van der Waals surface area (Å²) in [5.41, 5.74) is 1.58. The van der Waals surface area contributed by atoms with E-state index >= 15 is 0 Å². The van der Waals surface area contributed by atoms with E-state index in [1.54, 1.807) is 57.4 Å². The van der Waals surface area contributed by atoms with Crippen molar-refractivity contribution in [1.29, 1.82) is 0 Å². The van der Waals surface area contributed by atoms with Crippen LogP contribution in [-0.4, -0.2) is 46.4 Å². The lowest BCUT2D eigenvalue weighted by molar-refractivity contribution is 0.0522. The quantitative estimate of drug-likeness (QED) is 0.322. The summed E-state index contributed by atoms with van der Waals surface area (Å²) in [6.45, 7) is 5.33. The molecule has 40 heavy (non-hydrogen) atoms. The number of pyridine rings is 1. The molecule has 0 atom stereocenters. The van der Waals surface area contributed by atoms with Crippen molar-refractivity contribution in [3.8, 4) is 23.4 Å². The average molecular weight is 541 g/mol. The zero-order valence-corrected chi connectivity index (χ0v) is 21.7. The molecule has 5 rings (SSSR count). The topological polar surface area (TPSA) is 121 Å². The Morgan fingerprint density at radius 3 is 2.62 bits per heavy atom. The van der Waals surface area contributed by atoms with Crippen LogP contribution in [-0.2, 0) is 11.3 Å². The number of nitrogens with one attached hydrogen (secondary N) is 1. The van der Waals surface area contributed by atoms with Crippen LogP contribution in [0.4, 0.5) is 19.5 Å². The first-order chi connectivity index (χ1) is 19.1. The van der Waals surface area contributed by atoms with E-state index < -0.39 is 23.3 Å². The van der Waals surface area contributed by atoms with Crippen LogP contribution in [0.2, 0.25) is 0 Å². The normalized spacial score (nSPS) is 11.1. The molecule has 12 heteroatoms. The SMILES string of the molecule is CC(C)(C)OC(=O)n1ncc2cc(C#Cc3ccnc(-c4ccnc(NCc5ncc(F)cc5F)n4)n3)ccc21. The van der Waals surface area contributed by atoms with Gasteiger partial charge in [-0.3, -0.25) is 4.98 Å². The van der Waals surface area contributed by atoms with Gasteiger partial charge < -0.3 is 10.1 Å². The van der Waals surface area contributed by atoms with Gasteiger partial charge in [0, 0.05) is 29.4 Å². The summed E-state index contributed by atoms with van der Waals surface area (Å²) in [6.07, 6.45) is 5.03. The van der Waals surface area contributed by atoms with E-state index in [-0.39, 0.29) is 18.2 Å². The molecule has 0 amide bonds. The van der Waals surface area contributed by atoms with Gasteiger partial charge in [0.15, 0.2) is 5.82 Å². The smallest absolute Gasteiger partial charge is 0.435 e. The summed E-state index contributed by atoms with van der Waals surface area (Å²) in [7, 11) is 0. The van der Waals surface area contributed by atoms with Crippen molar-refractivity contribution in [1.82, 2.24) is 34.7 Å². The number of carbonyl (C=O) groups excluding carboxylic acids is 1. The van der Waals surface area contributed by atoms with Gasteiger partial charge >= 0.3 is 6.09 Å². The second kappa shape index (κ2) is 10.8. The molecule has 0 saturated heterocycles. The third kappa shape index (κ3) is 6.21. The van der Waals surface area contributed by atoms with Crippen LogP contribution in [0, 0.1) is 23.5 Å². The van der Waals surface area contributed by atoms with Gasteiger partial charge in [0.1, 0.15) is 28.6 Å². The Kier molecular flexibility index (Phi) is 7.11. The zero-order valence-electron chi connectivity index (χ0n) is 21.7. The molecule has 0 aliphatic carbocycles. The number of benzene rings is 1. The predicted molar refractivity (Wildman–Crippen MR) is 142 cm³/mol. The maximum atomic E-state index is 13.9. The van der Waals surface area contributed by atoms with Gasteiger partial charge in [-0.05, 0) is 57.0 Å². The number of carbonyl (C=O) groups is 1. The van der Waals surface area contributed by atoms with Gasteiger partial charge in [-0.1, -0.05) is 5.92 Å². The van der Waals surface area contributed by atoms with Crippen molar-refractivity contribution in [2.75, 3.05) is 5.32 Å². The molecular formula is C28H22F2N8O2. The lowest BCUT2D eigenvalue weighted by Gasteiger charge is -2.19. The van der Waals surface area contributed by atoms with E-state index in [4.69, 9.17) is 4.74 Å². The minimum Gasteiger partial charge on any atom is -0.442 e. The number of rotatable bonds is 4. The Hall–Kier alpha value is -5.31. The number of hydrogen-bond donors (Lipinski definition) is 1.